The number of hydrogen-bond acceptors (Lipinski definition) is 4. The molecule has 15 heavy (non-hydrogen) atoms. The van der Waals surface area contributed by atoms with Crippen molar-refractivity contribution >= 4 is 11.8 Å². The lowest BCUT2D eigenvalue weighted by Crippen LogP contribution is -2.33. The Morgan fingerprint density at radius 2 is 1.73 bits per heavy atom. The van der Waals surface area contributed by atoms with Crippen LogP contribution in [0, 0.1) is 0 Å². The molecule has 2 aromatic carbocycles. The molecule has 0 saturated heterocycles. The summed E-state index contributed by atoms with van der Waals surface area (Å²) in [6.45, 7) is 0. The first-order valence-corrected chi connectivity index (χ1v) is 5.16. The summed E-state index contributed by atoms with van der Waals surface area (Å²) in [6.07, 6.45) is 0. The second-order valence-corrected chi connectivity index (χ2v) is 4.02. The van der Waals surface area contributed by atoms with Gasteiger partial charge < -0.3 is 4.74 Å². The third kappa shape index (κ3) is 1.68. The highest BCUT2D eigenvalue weighted by Gasteiger charge is 2.22. The van der Waals surface area contributed by atoms with Crippen LogP contribution < -0.4 is 15.6 Å². The maximum Gasteiger partial charge on any atom is 0.270 e. The van der Waals surface area contributed by atoms with Gasteiger partial charge in [-0.25, -0.2) is 0 Å². The molecule has 0 aliphatic carbocycles. The average Bonchev–Trinajstić information content (AvgIpc) is 2.29. The van der Waals surface area contributed by atoms with Gasteiger partial charge >= 0.3 is 0 Å². The van der Waals surface area contributed by atoms with Crippen LogP contribution >= 0.6 is 11.8 Å². The van der Waals surface area contributed by atoms with E-state index in [0.717, 1.165) is 4.90 Å². The lowest BCUT2D eigenvalue weighted by Gasteiger charge is -2.08. The van der Waals surface area contributed by atoms with Gasteiger partial charge in [0.1, 0.15) is 4.90 Å². The molecule has 0 spiro atoms. The molecule has 0 saturated carbocycles. The van der Waals surface area contributed by atoms with E-state index in [1.807, 2.05) is 30.3 Å². The molecule has 0 heterocycles. The van der Waals surface area contributed by atoms with Gasteiger partial charge in [0.05, 0.1) is 7.11 Å². The second-order valence-electron chi connectivity index (χ2n) is 2.94. The Balaban J connectivity index is 2.30. The molecule has 0 aliphatic heterocycles. The third-order valence-electron chi connectivity index (χ3n) is 1.99. The Kier molecular flexibility index (Phi) is 2.60. The highest BCUT2D eigenvalue weighted by atomic mass is 32.2. The molecule has 76 valence electrons. The van der Waals surface area contributed by atoms with Gasteiger partial charge in [0.2, 0.25) is 5.43 Å². The first-order chi connectivity index (χ1) is 7.24. The standard InChI is InChI=1S/C11H8O3S/c1-14-10-8(12)9(13)11(10)15-7-5-3-2-4-6-7/h2-6H,1H3. The van der Waals surface area contributed by atoms with E-state index in [1.54, 1.807) is 0 Å². The quantitative estimate of drug-likeness (QED) is 0.734. The second kappa shape index (κ2) is 3.90. The Labute approximate surface area is 90.4 Å². The summed E-state index contributed by atoms with van der Waals surface area (Å²) >= 11 is 1.26. The zero-order chi connectivity index (χ0) is 10.8. The molecule has 0 atom stereocenters. The van der Waals surface area contributed by atoms with E-state index in [4.69, 9.17) is 4.74 Å². The van der Waals surface area contributed by atoms with Crippen LogP contribution in [0.4, 0.5) is 0 Å². The van der Waals surface area contributed by atoms with Gasteiger partial charge in [-0.05, 0) is 12.1 Å². The van der Waals surface area contributed by atoms with Crippen molar-refractivity contribution in [2.24, 2.45) is 0 Å². The normalized spacial score (nSPS) is 10.5. The number of hydrogen-bond donors (Lipinski definition) is 0. The van der Waals surface area contributed by atoms with Gasteiger partial charge in [0, 0.05) is 4.90 Å². The largest absolute Gasteiger partial charge is 0.491 e. The van der Waals surface area contributed by atoms with E-state index in [0.29, 0.717) is 4.90 Å². The monoisotopic (exact) mass is 220 g/mol. The Bertz CT molecular complexity index is 538. The summed E-state index contributed by atoms with van der Waals surface area (Å²) < 4.78 is 4.84. The first kappa shape index (κ1) is 9.98. The van der Waals surface area contributed by atoms with Crippen LogP contribution in [-0.2, 0) is 0 Å². The van der Waals surface area contributed by atoms with Gasteiger partial charge in [-0.15, -0.1) is 0 Å². The van der Waals surface area contributed by atoms with E-state index in [9.17, 15) is 9.59 Å². The maximum absolute atomic E-state index is 11.2. The molecule has 4 heteroatoms. The summed E-state index contributed by atoms with van der Waals surface area (Å²) in [5, 5.41) is 0. The van der Waals surface area contributed by atoms with E-state index < -0.39 is 10.9 Å². The van der Waals surface area contributed by atoms with Crippen molar-refractivity contribution in [1.82, 2.24) is 0 Å². The summed E-state index contributed by atoms with van der Waals surface area (Å²) in [6, 6.07) is 9.39. The van der Waals surface area contributed by atoms with Crippen molar-refractivity contribution in [3.63, 3.8) is 0 Å². The van der Waals surface area contributed by atoms with Crippen LogP contribution in [0.3, 0.4) is 0 Å². The number of benzene rings is 1. The van der Waals surface area contributed by atoms with Gasteiger partial charge in [0.15, 0.2) is 5.75 Å². The SMILES string of the molecule is COc1c(Sc2ccccc2)c(=O)c1=O. The first-order valence-electron chi connectivity index (χ1n) is 4.34. The minimum absolute atomic E-state index is 0.175. The summed E-state index contributed by atoms with van der Waals surface area (Å²) in [5.74, 6) is 0.175. The molecular weight excluding hydrogens is 212 g/mol. The third-order valence-corrected chi connectivity index (χ3v) is 3.07. The topological polar surface area (TPSA) is 43.4 Å². The average molecular weight is 220 g/mol. The molecule has 0 bridgehead atoms. The number of methoxy groups -OCH3 is 1. The van der Waals surface area contributed by atoms with Gasteiger partial charge in [-0.1, -0.05) is 30.0 Å². The maximum atomic E-state index is 11.2. The van der Waals surface area contributed by atoms with Gasteiger partial charge in [0.25, 0.3) is 5.43 Å². The highest BCUT2D eigenvalue weighted by molar-refractivity contribution is 7.99. The van der Waals surface area contributed by atoms with Crippen LogP contribution in [0.1, 0.15) is 0 Å². The summed E-state index contributed by atoms with van der Waals surface area (Å²) in [4.78, 5) is 23.6. The van der Waals surface area contributed by atoms with E-state index in [-0.39, 0.29) is 5.75 Å². The molecule has 0 amide bonds. The van der Waals surface area contributed by atoms with Gasteiger partial charge in [-0.2, -0.15) is 0 Å². The fraction of sp³-hybridized carbons (Fsp3) is 0.0909. The molecule has 2 rings (SSSR count). The molecule has 0 fully saturated rings. The van der Waals surface area contributed by atoms with Crippen molar-refractivity contribution in [2.75, 3.05) is 7.11 Å². The Hall–Kier alpha value is -1.55. The Morgan fingerprint density at radius 1 is 1.07 bits per heavy atom. The lowest BCUT2D eigenvalue weighted by molar-refractivity contribution is 0.392. The smallest absolute Gasteiger partial charge is 0.270 e. The zero-order valence-electron chi connectivity index (χ0n) is 8.02. The van der Waals surface area contributed by atoms with Crippen molar-refractivity contribution in [1.29, 1.82) is 0 Å². The van der Waals surface area contributed by atoms with E-state index in [1.165, 1.54) is 18.9 Å². The van der Waals surface area contributed by atoms with Gasteiger partial charge in [-0.3, -0.25) is 9.59 Å². The lowest BCUT2D eigenvalue weighted by atomic mass is 10.3. The number of ether oxygens (including phenoxy) is 1. The van der Waals surface area contributed by atoms with Crippen LogP contribution in [0.15, 0.2) is 49.7 Å². The molecule has 3 nitrogen and oxygen atoms in total. The van der Waals surface area contributed by atoms with Crippen molar-refractivity contribution in [3.05, 3.63) is 50.8 Å². The minimum atomic E-state index is -0.532. The van der Waals surface area contributed by atoms with E-state index in [2.05, 4.69) is 0 Å². The predicted octanol–water partition coefficient (Wildman–Crippen LogP) is 1.44. The fourth-order valence-electron chi connectivity index (χ4n) is 1.23. The number of rotatable bonds is 3. The molecule has 0 aliphatic rings. The van der Waals surface area contributed by atoms with Crippen molar-refractivity contribution < 1.29 is 4.74 Å². The Morgan fingerprint density at radius 3 is 2.33 bits per heavy atom. The van der Waals surface area contributed by atoms with Crippen molar-refractivity contribution in [3.8, 4) is 5.75 Å². The van der Waals surface area contributed by atoms with Crippen molar-refractivity contribution in [2.45, 2.75) is 9.79 Å². The summed E-state index contributed by atoms with van der Waals surface area (Å²) in [7, 11) is 1.39. The van der Waals surface area contributed by atoms with Crippen LogP contribution in [0.25, 0.3) is 0 Å². The zero-order valence-corrected chi connectivity index (χ0v) is 8.84. The molecule has 0 radical (unpaired) electrons. The summed E-state index contributed by atoms with van der Waals surface area (Å²) in [5.41, 5.74) is -0.989. The fourth-order valence-corrected chi connectivity index (χ4v) is 2.22. The molecule has 2 aromatic rings. The minimum Gasteiger partial charge on any atom is -0.491 e. The van der Waals surface area contributed by atoms with Crippen LogP contribution in [0.5, 0.6) is 5.75 Å². The van der Waals surface area contributed by atoms with E-state index >= 15 is 0 Å². The van der Waals surface area contributed by atoms with Crippen LogP contribution in [-0.4, -0.2) is 7.11 Å². The molecular formula is C11H8O3S. The highest BCUT2D eigenvalue weighted by Crippen LogP contribution is 2.30. The van der Waals surface area contributed by atoms with Crippen LogP contribution in [0.2, 0.25) is 0 Å². The molecule has 0 aromatic heterocycles. The predicted molar refractivity (Wildman–Crippen MR) is 58.5 cm³/mol. The molecule has 0 N–H and O–H groups in total. The molecule has 0 unspecified atom stereocenters.